The van der Waals surface area contributed by atoms with Crippen molar-refractivity contribution in [2.45, 2.75) is 40.0 Å². The summed E-state index contributed by atoms with van der Waals surface area (Å²) in [6.45, 7) is 7.60. The number of thioether (sulfide) groups is 1. The number of fused-ring (bicyclic) bond motifs is 1. The Labute approximate surface area is 219 Å². The SMILES string of the molecule is CCSCCOC(=O)C1=C(C)NC2=C(C(=O)C(C(=O)OC)C(C)C2)C1c1coc2ccc(C)cc2c1=O. The number of dihydropyridines is 1. The lowest BCUT2D eigenvalue weighted by Crippen LogP contribution is -2.44. The Morgan fingerprint density at radius 3 is 2.68 bits per heavy atom. The Hall–Kier alpha value is -3.33. The van der Waals surface area contributed by atoms with Crippen LogP contribution in [0.1, 0.15) is 44.2 Å². The Balaban J connectivity index is 1.90. The molecule has 9 heteroatoms. The minimum absolute atomic E-state index is 0.146. The number of hydrogen-bond acceptors (Lipinski definition) is 9. The van der Waals surface area contributed by atoms with Crippen molar-refractivity contribution < 1.29 is 28.3 Å². The molecule has 0 fully saturated rings. The van der Waals surface area contributed by atoms with E-state index in [9.17, 15) is 19.2 Å². The summed E-state index contributed by atoms with van der Waals surface area (Å²) in [6, 6.07) is 5.27. The first-order valence-electron chi connectivity index (χ1n) is 12.3. The fourth-order valence-electron chi connectivity index (χ4n) is 5.14. The molecule has 3 atom stereocenters. The van der Waals surface area contributed by atoms with Crippen molar-refractivity contribution in [1.82, 2.24) is 5.32 Å². The van der Waals surface area contributed by atoms with Crippen molar-refractivity contribution in [2.24, 2.45) is 11.8 Å². The number of esters is 2. The fraction of sp³-hybridized carbons (Fsp3) is 0.429. The second kappa shape index (κ2) is 11.0. The van der Waals surface area contributed by atoms with Crippen LogP contribution in [0.5, 0.6) is 0 Å². The highest BCUT2D eigenvalue weighted by Gasteiger charge is 2.48. The Morgan fingerprint density at radius 1 is 1.22 bits per heavy atom. The molecule has 1 aliphatic carbocycles. The molecular weight excluding hydrogens is 494 g/mol. The molecule has 8 nitrogen and oxygen atoms in total. The predicted molar refractivity (Wildman–Crippen MR) is 141 cm³/mol. The molecule has 1 N–H and O–H groups in total. The highest BCUT2D eigenvalue weighted by atomic mass is 32.2. The Bertz CT molecular complexity index is 1390. The van der Waals surface area contributed by atoms with Crippen LogP contribution < -0.4 is 10.7 Å². The molecule has 2 aromatic rings. The number of carbonyl (C=O) groups is 3. The molecule has 0 amide bonds. The van der Waals surface area contributed by atoms with Crippen LogP contribution in [0.4, 0.5) is 0 Å². The van der Waals surface area contributed by atoms with Gasteiger partial charge in [0.1, 0.15) is 18.1 Å². The minimum Gasteiger partial charge on any atom is -0.468 e. The van der Waals surface area contributed by atoms with Crippen molar-refractivity contribution in [3.63, 3.8) is 0 Å². The quantitative estimate of drug-likeness (QED) is 0.325. The maximum absolute atomic E-state index is 13.8. The van der Waals surface area contributed by atoms with Gasteiger partial charge < -0.3 is 19.2 Å². The van der Waals surface area contributed by atoms with E-state index in [0.29, 0.717) is 34.5 Å². The van der Waals surface area contributed by atoms with Gasteiger partial charge in [-0.1, -0.05) is 25.5 Å². The number of carbonyl (C=O) groups excluding carboxylic acids is 3. The van der Waals surface area contributed by atoms with Gasteiger partial charge in [0, 0.05) is 28.3 Å². The maximum Gasteiger partial charge on any atom is 0.336 e. The summed E-state index contributed by atoms with van der Waals surface area (Å²) < 4.78 is 16.3. The first-order chi connectivity index (χ1) is 17.7. The second-order valence-corrected chi connectivity index (χ2v) is 10.8. The smallest absolute Gasteiger partial charge is 0.336 e. The number of Topliss-reactive ketones (excluding diaryl/α,β-unsaturated/α-hetero) is 1. The van der Waals surface area contributed by atoms with E-state index in [4.69, 9.17) is 13.9 Å². The third kappa shape index (κ3) is 4.97. The number of aryl methyl sites for hydroxylation is 1. The van der Waals surface area contributed by atoms with Crippen LogP contribution in [0.3, 0.4) is 0 Å². The molecule has 37 heavy (non-hydrogen) atoms. The largest absolute Gasteiger partial charge is 0.468 e. The van der Waals surface area contributed by atoms with Crippen molar-refractivity contribution >= 4 is 40.5 Å². The van der Waals surface area contributed by atoms with Crippen LogP contribution in [0.15, 0.2) is 56.2 Å². The summed E-state index contributed by atoms with van der Waals surface area (Å²) in [5, 5.41) is 3.55. The molecule has 0 saturated heterocycles. The molecule has 0 radical (unpaired) electrons. The number of ether oxygens (including phenoxy) is 2. The highest BCUT2D eigenvalue weighted by Crippen LogP contribution is 2.45. The van der Waals surface area contributed by atoms with Gasteiger partial charge in [0.05, 0.1) is 30.3 Å². The van der Waals surface area contributed by atoms with Gasteiger partial charge in [-0.15, -0.1) is 0 Å². The van der Waals surface area contributed by atoms with Crippen molar-refractivity contribution in [2.75, 3.05) is 25.2 Å². The average molecular weight is 526 g/mol. The van der Waals surface area contributed by atoms with Crippen LogP contribution in [-0.4, -0.2) is 42.9 Å². The van der Waals surface area contributed by atoms with E-state index in [-0.39, 0.29) is 34.7 Å². The van der Waals surface area contributed by atoms with E-state index < -0.39 is 29.6 Å². The molecule has 0 saturated carbocycles. The topological polar surface area (TPSA) is 112 Å². The molecule has 1 aliphatic heterocycles. The van der Waals surface area contributed by atoms with Gasteiger partial charge in [-0.2, -0.15) is 11.8 Å². The lowest BCUT2D eigenvalue weighted by molar-refractivity contribution is -0.151. The van der Waals surface area contributed by atoms with Crippen molar-refractivity contribution in [3.05, 3.63) is 68.4 Å². The molecule has 2 aliphatic rings. The summed E-state index contributed by atoms with van der Waals surface area (Å²) in [5.74, 6) is -2.64. The van der Waals surface area contributed by atoms with Gasteiger partial charge in [0.2, 0.25) is 0 Å². The van der Waals surface area contributed by atoms with Gasteiger partial charge >= 0.3 is 11.9 Å². The van der Waals surface area contributed by atoms with Crippen LogP contribution in [0.2, 0.25) is 0 Å². The maximum atomic E-state index is 13.8. The Kier molecular flexibility index (Phi) is 7.92. The lowest BCUT2D eigenvalue weighted by atomic mass is 9.69. The summed E-state index contributed by atoms with van der Waals surface area (Å²) in [6.07, 6.45) is 1.69. The monoisotopic (exact) mass is 525 g/mol. The van der Waals surface area contributed by atoms with E-state index in [0.717, 1.165) is 11.3 Å². The summed E-state index contributed by atoms with van der Waals surface area (Å²) in [5.41, 5.74) is 2.52. The van der Waals surface area contributed by atoms with Crippen molar-refractivity contribution in [3.8, 4) is 0 Å². The van der Waals surface area contributed by atoms with Crippen LogP contribution in [0.25, 0.3) is 11.0 Å². The zero-order valence-electron chi connectivity index (χ0n) is 21.6. The molecule has 196 valence electrons. The number of ketones is 1. The van der Waals surface area contributed by atoms with Gasteiger partial charge in [-0.3, -0.25) is 14.4 Å². The lowest BCUT2D eigenvalue weighted by Gasteiger charge is -2.37. The highest BCUT2D eigenvalue weighted by molar-refractivity contribution is 7.99. The van der Waals surface area contributed by atoms with E-state index in [1.165, 1.54) is 13.4 Å². The zero-order chi connectivity index (χ0) is 26.9. The normalized spacial score (nSPS) is 21.5. The molecule has 1 aromatic heterocycles. The molecule has 3 unspecified atom stereocenters. The van der Waals surface area contributed by atoms with Crippen molar-refractivity contribution in [1.29, 1.82) is 0 Å². The average Bonchev–Trinajstić information content (AvgIpc) is 2.86. The van der Waals surface area contributed by atoms with Crippen LogP contribution >= 0.6 is 11.8 Å². The van der Waals surface area contributed by atoms with E-state index >= 15 is 0 Å². The summed E-state index contributed by atoms with van der Waals surface area (Å²) in [4.78, 5) is 53.6. The Morgan fingerprint density at radius 2 is 1.97 bits per heavy atom. The van der Waals surface area contributed by atoms with Crippen LogP contribution in [0, 0.1) is 18.8 Å². The van der Waals surface area contributed by atoms with Gasteiger partial charge in [0.15, 0.2) is 11.2 Å². The number of allylic oxidation sites excluding steroid dienone is 3. The molecule has 4 rings (SSSR count). The number of methoxy groups -OCH3 is 1. The fourth-order valence-corrected chi connectivity index (χ4v) is 5.63. The summed E-state index contributed by atoms with van der Waals surface area (Å²) in [7, 11) is 1.24. The molecule has 0 spiro atoms. The third-order valence-corrected chi connectivity index (χ3v) is 7.76. The number of hydrogen-bond donors (Lipinski definition) is 1. The molecule has 0 bridgehead atoms. The second-order valence-electron chi connectivity index (χ2n) is 9.39. The predicted octanol–water partition coefficient (Wildman–Crippen LogP) is 4.01. The van der Waals surface area contributed by atoms with E-state index in [2.05, 4.69) is 5.32 Å². The number of nitrogens with one attached hydrogen (secondary N) is 1. The first-order valence-corrected chi connectivity index (χ1v) is 13.4. The zero-order valence-corrected chi connectivity index (χ0v) is 22.5. The number of rotatable bonds is 7. The number of benzene rings is 1. The standard InChI is InChI=1S/C28H31NO7S/c1-6-37-10-9-35-28(33)22-16(4)29-19-12-15(3)21(27(32)34-5)26(31)24(19)23(22)18-13-36-20-8-7-14(2)11-17(20)25(18)30/h7-8,11,13,15,21,23,29H,6,9-10,12H2,1-5H3. The van der Waals surface area contributed by atoms with Gasteiger partial charge in [-0.05, 0) is 44.1 Å². The minimum atomic E-state index is -1.05. The summed E-state index contributed by atoms with van der Waals surface area (Å²) >= 11 is 1.64. The first kappa shape index (κ1) is 26.7. The van der Waals surface area contributed by atoms with Crippen LogP contribution in [-0.2, 0) is 23.9 Å². The van der Waals surface area contributed by atoms with Gasteiger partial charge in [0.25, 0.3) is 0 Å². The molecule has 1 aromatic carbocycles. The molecular formula is C28H31NO7S. The molecule has 2 heterocycles. The van der Waals surface area contributed by atoms with E-state index in [1.54, 1.807) is 37.7 Å². The van der Waals surface area contributed by atoms with Gasteiger partial charge in [-0.25, -0.2) is 4.79 Å². The van der Waals surface area contributed by atoms with E-state index in [1.807, 2.05) is 19.9 Å². The third-order valence-electron chi connectivity index (χ3n) is 6.89.